The topological polar surface area (TPSA) is 99.0 Å². The SMILES string of the molecule is C[C@@H]1CN(C(=O)COC(=O)/C=C/c2ccccc2[N+](=O)[O-])C[C@@H](C)O1. The van der Waals surface area contributed by atoms with Gasteiger partial charge in [0.25, 0.3) is 11.6 Å². The predicted octanol–water partition coefficient (Wildman–Crippen LogP) is 1.79. The molecule has 2 rings (SSSR count). The van der Waals surface area contributed by atoms with Gasteiger partial charge in [0.1, 0.15) is 0 Å². The first-order valence-electron chi connectivity index (χ1n) is 7.88. The summed E-state index contributed by atoms with van der Waals surface area (Å²) in [5, 5.41) is 10.9. The first-order valence-corrected chi connectivity index (χ1v) is 7.88. The number of carbonyl (C=O) groups is 2. The minimum absolute atomic E-state index is 0.0677. The molecule has 0 aliphatic carbocycles. The summed E-state index contributed by atoms with van der Waals surface area (Å²) in [7, 11) is 0. The Morgan fingerprint density at radius 2 is 1.96 bits per heavy atom. The van der Waals surface area contributed by atoms with Gasteiger partial charge in [0.05, 0.1) is 22.7 Å². The van der Waals surface area contributed by atoms with Gasteiger partial charge in [-0.3, -0.25) is 14.9 Å². The number of carbonyl (C=O) groups excluding carboxylic acids is 2. The number of nitrogens with zero attached hydrogens (tertiary/aromatic N) is 2. The summed E-state index contributed by atoms with van der Waals surface area (Å²) >= 11 is 0. The van der Waals surface area contributed by atoms with Gasteiger partial charge < -0.3 is 14.4 Å². The summed E-state index contributed by atoms with van der Waals surface area (Å²) < 4.78 is 10.5. The van der Waals surface area contributed by atoms with E-state index in [0.717, 1.165) is 6.08 Å². The third-order valence-electron chi connectivity index (χ3n) is 3.64. The summed E-state index contributed by atoms with van der Waals surface area (Å²) in [4.78, 5) is 35.8. The fourth-order valence-corrected chi connectivity index (χ4v) is 2.61. The van der Waals surface area contributed by atoms with Crippen molar-refractivity contribution >= 4 is 23.6 Å². The zero-order valence-corrected chi connectivity index (χ0v) is 14.1. The smallest absolute Gasteiger partial charge is 0.331 e. The second-order valence-corrected chi connectivity index (χ2v) is 5.81. The highest BCUT2D eigenvalue weighted by molar-refractivity contribution is 5.90. The van der Waals surface area contributed by atoms with E-state index in [1.54, 1.807) is 11.0 Å². The molecule has 1 fully saturated rings. The third kappa shape index (κ3) is 5.39. The summed E-state index contributed by atoms with van der Waals surface area (Å²) in [5.74, 6) is -1.03. The molecule has 0 N–H and O–H groups in total. The van der Waals surface area contributed by atoms with Gasteiger partial charge in [0, 0.05) is 25.2 Å². The normalized spacial score (nSPS) is 20.5. The van der Waals surface area contributed by atoms with Crippen molar-refractivity contribution in [2.24, 2.45) is 0 Å². The highest BCUT2D eigenvalue weighted by atomic mass is 16.6. The molecule has 0 saturated carbocycles. The highest BCUT2D eigenvalue weighted by Crippen LogP contribution is 2.19. The molecule has 2 atom stereocenters. The van der Waals surface area contributed by atoms with Gasteiger partial charge in [0.15, 0.2) is 6.61 Å². The minimum Gasteiger partial charge on any atom is -0.452 e. The highest BCUT2D eigenvalue weighted by Gasteiger charge is 2.26. The molecule has 25 heavy (non-hydrogen) atoms. The summed E-state index contributed by atoms with van der Waals surface area (Å²) in [5.41, 5.74) is 0.172. The average molecular weight is 348 g/mol. The lowest BCUT2D eigenvalue weighted by Gasteiger charge is -2.35. The van der Waals surface area contributed by atoms with Crippen LogP contribution in [0.5, 0.6) is 0 Å². The largest absolute Gasteiger partial charge is 0.452 e. The minimum atomic E-state index is -0.735. The standard InChI is InChI=1S/C17H20N2O6/c1-12-9-18(10-13(2)25-12)16(20)11-24-17(21)8-7-14-5-3-4-6-15(14)19(22)23/h3-8,12-13H,9-11H2,1-2H3/b8-7+/t12-,13-/m1/s1. The van der Waals surface area contributed by atoms with Crippen LogP contribution in [0, 0.1) is 10.1 Å². The number of hydrogen-bond acceptors (Lipinski definition) is 6. The van der Waals surface area contributed by atoms with Crippen molar-refractivity contribution < 1.29 is 24.0 Å². The number of amides is 1. The summed E-state index contributed by atoms with van der Waals surface area (Å²) in [6.45, 7) is 4.27. The number of nitro groups is 1. The zero-order valence-electron chi connectivity index (χ0n) is 14.1. The Bertz CT molecular complexity index is 677. The Hall–Kier alpha value is -2.74. The Morgan fingerprint density at radius 1 is 1.32 bits per heavy atom. The van der Waals surface area contributed by atoms with Crippen molar-refractivity contribution in [1.29, 1.82) is 0 Å². The molecule has 8 heteroatoms. The van der Waals surface area contributed by atoms with E-state index in [9.17, 15) is 19.7 Å². The molecule has 0 bridgehead atoms. The predicted molar refractivity (Wildman–Crippen MR) is 89.7 cm³/mol. The van der Waals surface area contributed by atoms with E-state index in [1.807, 2.05) is 13.8 Å². The number of morpholine rings is 1. The molecule has 1 aliphatic heterocycles. The van der Waals surface area contributed by atoms with Gasteiger partial charge in [-0.25, -0.2) is 4.79 Å². The lowest BCUT2D eigenvalue weighted by molar-refractivity contribution is -0.385. The van der Waals surface area contributed by atoms with Crippen molar-refractivity contribution in [3.63, 3.8) is 0 Å². The van der Waals surface area contributed by atoms with E-state index in [2.05, 4.69) is 0 Å². The van der Waals surface area contributed by atoms with Crippen LogP contribution in [0.25, 0.3) is 6.08 Å². The van der Waals surface area contributed by atoms with Crippen LogP contribution < -0.4 is 0 Å². The van der Waals surface area contributed by atoms with Crippen molar-refractivity contribution in [3.8, 4) is 0 Å². The summed E-state index contributed by atoms with van der Waals surface area (Å²) in [6.07, 6.45) is 2.23. The molecule has 1 saturated heterocycles. The number of nitro benzene ring substituents is 1. The first-order chi connectivity index (χ1) is 11.9. The molecule has 134 valence electrons. The maximum atomic E-state index is 12.1. The number of ether oxygens (including phenoxy) is 2. The lowest BCUT2D eigenvalue weighted by Crippen LogP contribution is -2.49. The van der Waals surface area contributed by atoms with Crippen molar-refractivity contribution in [1.82, 2.24) is 4.90 Å². The molecule has 0 radical (unpaired) electrons. The Balaban J connectivity index is 1.88. The average Bonchev–Trinajstić information content (AvgIpc) is 2.57. The van der Waals surface area contributed by atoms with Crippen LogP contribution >= 0.6 is 0 Å². The van der Waals surface area contributed by atoms with Gasteiger partial charge in [-0.2, -0.15) is 0 Å². The number of para-hydroxylation sites is 1. The van der Waals surface area contributed by atoms with Crippen LogP contribution in [0.3, 0.4) is 0 Å². The second-order valence-electron chi connectivity index (χ2n) is 5.81. The van der Waals surface area contributed by atoms with Crippen LogP contribution in [0.2, 0.25) is 0 Å². The van der Waals surface area contributed by atoms with Gasteiger partial charge in [-0.05, 0) is 26.0 Å². The Morgan fingerprint density at radius 3 is 2.60 bits per heavy atom. The quantitative estimate of drug-likeness (QED) is 0.348. The third-order valence-corrected chi connectivity index (χ3v) is 3.64. The molecule has 1 amide bonds. The van der Waals surface area contributed by atoms with Gasteiger partial charge in [0.2, 0.25) is 0 Å². The van der Waals surface area contributed by atoms with Crippen molar-refractivity contribution in [2.75, 3.05) is 19.7 Å². The molecule has 8 nitrogen and oxygen atoms in total. The zero-order chi connectivity index (χ0) is 18.4. The Labute approximate surface area is 145 Å². The van der Waals surface area contributed by atoms with E-state index in [-0.39, 0.29) is 36.0 Å². The fraction of sp³-hybridized carbons (Fsp3) is 0.412. The molecule has 0 spiro atoms. The monoisotopic (exact) mass is 348 g/mol. The van der Waals surface area contributed by atoms with E-state index in [4.69, 9.17) is 9.47 Å². The molecule has 1 heterocycles. The molecule has 1 aromatic carbocycles. The number of rotatable bonds is 5. The number of esters is 1. The van der Waals surface area contributed by atoms with Crippen molar-refractivity contribution in [2.45, 2.75) is 26.1 Å². The van der Waals surface area contributed by atoms with Crippen LogP contribution in [0.4, 0.5) is 5.69 Å². The number of hydrogen-bond donors (Lipinski definition) is 0. The van der Waals surface area contributed by atoms with Crippen LogP contribution in [0.15, 0.2) is 30.3 Å². The maximum Gasteiger partial charge on any atom is 0.331 e. The maximum absolute atomic E-state index is 12.1. The fourth-order valence-electron chi connectivity index (χ4n) is 2.61. The molecule has 1 aromatic rings. The van der Waals surface area contributed by atoms with E-state index >= 15 is 0 Å². The summed E-state index contributed by atoms with van der Waals surface area (Å²) in [6, 6.07) is 6.03. The van der Waals surface area contributed by atoms with Crippen molar-refractivity contribution in [3.05, 3.63) is 46.0 Å². The van der Waals surface area contributed by atoms with Crippen LogP contribution in [-0.4, -0.2) is 53.6 Å². The van der Waals surface area contributed by atoms with Crippen LogP contribution in [-0.2, 0) is 19.1 Å². The lowest BCUT2D eigenvalue weighted by atomic mass is 10.1. The van der Waals surface area contributed by atoms with Gasteiger partial charge >= 0.3 is 5.97 Å². The second kappa shape index (κ2) is 8.39. The Kier molecular flexibility index (Phi) is 6.24. The van der Waals surface area contributed by atoms with Gasteiger partial charge in [-0.1, -0.05) is 12.1 Å². The van der Waals surface area contributed by atoms with Gasteiger partial charge in [-0.15, -0.1) is 0 Å². The number of benzene rings is 1. The van der Waals surface area contributed by atoms with E-state index in [1.165, 1.54) is 24.3 Å². The molecular formula is C17H20N2O6. The molecular weight excluding hydrogens is 328 g/mol. The van der Waals surface area contributed by atoms with Crippen LogP contribution in [0.1, 0.15) is 19.4 Å². The molecule has 0 unspecified atom stereocenters. The molecule has 0 aromatic heterocycles. The van der Waals surface area contributed by atoms with E-state index in [0.29, 0.717) is 13.1 Å². The molecule has 1 aliphatic rings. The first kappa shape index (κ1) is 18.6. The van der Waals surface area contributed by atoms with E-state index < -0.39 is 10.9 Å².